The second-order valence-corrected chi connectivity index (χ2v) is 6.53. The van der Waals surface area contributed by atoms with Crippen LogP contribution in [0.25, 0.3) is 0 Å². The Morgan fingerprint density at radius 1 is 0.929 bits per heavy atom. The van der Waals surface area contributed by atoms with Gasteiger partial charge in [0.05, 0.1) is 13.2 Å². The van der Waals surface area contributed by atoms with E-state index in [0.717, 1.165) is 56.5 Å². The van der Waals surface area contributed by atoms with Gasteiger partial charge in [-0.05, 0) is 42.5 Å². The molecule has 0 radical (unpaired) electrons. The van der Waals surface area contributed by atoms with Crippen molar-refractivity contribution in [2.75, 3.05) is 48.4 Å². The Bertz CT molecular complexity index is 866. The zero-order valence-corrected chi connectivity index (χ0v) is 15.7. The first-order valence-electron chi connectivity index (χ1n) is 9.53. The summed E-state index contributed by atoms with van der Waals surface area (Å²) in [4.78, 5) is 15.5. The zero-order valence-electron chi connectivity index (χ0n) is 15.7. The van der Waals surface area contributed by atoms with Crippen LogP contribution in [-0.4, -0.2) is 47.8 Å². The van der Waals surface area contributed by atoms with Crippen molar-refractivity contribution in [2.45, 2.75) is 6.42 Å². The Morgan fingerprint density at radius 2 is 1.79 bits per heavy atom. The van der Waals surface area contributed by atoms with Crippen molar-refractivity contribution in [1.82, 2.24) is 15.0 Å². The Labute approximate surface area is 164 Å². The summed E-state index contributed by atoms with van der Waals surface area (Å²) in [5, 5.41) is 6.59. The highest BCUT2D eigenvalue weighted by Crippen LogP contribution is 2.21. The molecule has 1 aliphatic heterocycles. The first-order valence-corrected chi connectivity index (χ1v) is 9.53. The van der Waals surface area contributed by atoms with E-state index >= 15 is 0 Å². The van der Waals surface area contributed by atoms with Gasteiger partial charge in [-0.1, -0.05) is 6.07 Å². The molecule has 0 aliphatic carbocycles. The minimum absolute atomic E-state index is 0.571. The number of rotatable bonds is 7. The number of hydrogen-bond acceptors (Lipinski definition) is 7. The van der Waals surface area contributed by atoms with Crippen LogP contribution in [0.1, 0.15) is 5.69 Å². The number of nitrogens with zero attached hydrogens (tertiary/aromatic N) is 4. The lowest BCUT2D eigenvalue weighted by Crippen LogP contribution is -2.36. The summed E-state index contributed by atoms with van der Waals surface area (Å²) in [5.74, 6) is 1.36. The SMILES string of the molecule is c1ccc(CCNc2ccnc(Nc3ccc(N4CCOCC4)cc3)n2)nc1. The lowest BCUT2D eigenvalue weighted by atomic mass is 10.2. The van der Waals surface area contributed by atoms with Crippen molar-refractivity contribution in [3.63, 3.8) is 0 Å². The predicted molar refractivity (Wildman–Crippen MR) is 111 cm³/mol. The fourth-order valence-electron chi connectivity index (χ4n) is 3.09. The molecule has 1 saturated heterocycles. The predicted octanol–water partition coefficient (Wildman–Crippen LogP) is 3.11. The molecule has 3 heterocycles. The maximum atomic E-state index is 5.41. The van der Waals surface area contributed by atoms with Crippen molar-refractivity contribution < 1.29 is 4.74 Å². The summed E-state index contributed by atoms with van der Waals surface area (Å²) < 4.78 is 5.41. The molecular formula is C21H24N6O. The highest BCUT2D eigenvalue weighted by atomic mass is 16.5. The molecule has 7 nitrogen and oxygen atoms in total. The van der Waals surface area contributed by atoms with Gasteiger partial charge in [0.2, 0.25) is 5.95 Å². The number of anilines is 4. The summed E-state index contributed by atoms with van der Waals surface area (Å²) in [6, 6.07) is 16.1. The van der Waals surface area contributed by atoms with Gasteiger partial charge < -0.3 is 20.3 Å². The normalized spacial score (nSPS) is 13.9. The molecule has 1 aliphatic rings. The number of aromatic nitrogens is 3. The molecule has 4 rings (SSSR count). The molecule has 0 spiro atoms. The molecule has 0 amide bonds. The van der Waals surface area contributed by atoms with Crippen LogP contribution in [0.2, 0.25) is 0 Å². The maximum Gasteiger partial charge on any atom is 0.229 e. The fraction of sp³-hybridized carbons (Fsp3) is 0.286. The molecule has 28 heavy (non-hydrogen) atoms. The second-order valence-electron chi connectivity index (χ2n) is 6.53. The number of nitrogens with one attached hydrogen (secondary N) is 2. The van der Waals surface area contributed by atoms with Crippen LogP contribution in [0, 0.1) is 0 Å². The Balaban J connectivity index is 1.32. The van der Waals surface area contributed by atoms with E-state index < -0.39 is 0 Å². The van der Waals surface area contributed by atoms with Crippen LogP contribution in [0.4, 0.5) is 23.1 Å². The number of hydrogen-bond donors (Lipinski definition) is 2. The largest absolute Gasteiger partial charge is 0.378 e. The molecule has 144 valence electrons. The lowest BCUT2D eigenvalue weighted by Gasteiger charge is -2.28. The standard InChI is InChI=1S/C21H24N6O/c1-2-10-22-17(3-1)8-11-23-20-9-12-24-21(26-20)25-18-4-6-19(7-5-18)27-13-15-28-16-14-27/h1-7,9-10,12H,8,11,13-16H2,(H2,23,24,25,26). The van der Waals surface area contributed by atoms with Crippen molar-refractivity contribution in [2.24, 2.45) is 0 Å². The minimum atomic E-state index is 0.571. The maximum absolute atomic E-state index is 5.41. The van der Waals surface area contributed by atoms with Gasteiger partial charge in [0.1, 0.15) is 5.82 Å². The fourth-order valence-corrected chi connectivity index (χ4v) is 3.09. The second kappa shape index (κ2) is 9.14. The molecule has 0 saturated carbocycles. The molecular weight excluding hydrogens is 352 g/mol. The third kappa shape index (κ3) is 4.95. The summed E-state index contributed by atoms with van der Waals surface area (Å²) in [6.07, 6.45) is 4.41. The number of pyridine rings is 1. The van der Waals surface area contributed by atoms with Gasteiger partial charge in [-0.2, -0.15) is 4.98 Å². The summed E-state index contributed by atoms with van der Waals surface area (Å²) >= 11 is 0. The van der Waals surface area contributed by atoms with Crippen LogP contribution in [0.3, 0.4) is 0 Å². The van der Waals surface area contributed by atoms with Crippen molar-refractivity contribution in [3.05, 3.63) is 66.6 Å². The molecule has 7 heteroatoms. The first-order chi connectivity index (χ1) is 13.9. The van der Waals surface area contributed by atoms with Crippen molar-refractivity contribution in [3.8, 4) is 0 Å². The van der Waals surface area contributed by atoms with E-state index in [9.17, 15) is 0 Å². The van der Waals surface area contributed by atoms with Gasteiger partial charge in [-0.15, -0.1) is 0 Å². The monoisotopic (exact) mass is 376 g/mol. The van der Waals surface area contributed by atoms with Gasteiger partial charge >= 0.3 is 0 Å². The topological polar surface area (TPSA) is 75.2 Å². The van der Waals surface area contributed by atoms with Crippen LogP contribution in [0.5, 0.6) is 0 Å². The van der Waals surface area contributed by atoms with E-state index in [-0.39, 0.29) is 0 Å². The van der Waals surface area contributed by atoms with Crippen molar-refractivity contribution in [1.29, 1.82) is 0 Å². The lowest BCUT2D eigenvalue weighted by molar-refractivity contribution is 0.122. The van der Waals surface area contributed by atoms with E-state index in [2.05, 4.69) is 54.8 Å². The number of ether oxygens (including phenoxy) is 1. The van der Waals surface area contributed by atoms with Crippen LogP contribution < -0.4 is 15.5 Å². The quantitative estimate of drug-likeness (QED) is 0.656. The number of benzene rings is 1. The van der Waals surface area contributed by atoms with Gasteiger partial charge in [-0.3, -0.25) is 4.98 Å². The molecule has 0 unspecified atom stereocenters. The van der Waals surface area contributed by atoms with Crippen LogP contribution in [0.15, 0.2) is 60.9 Å². The van der Waals surface area contributed by atoms with Crippen LogP contribution >= 0.6 is 0 Å². The van der Waals surface area contributed by atoms with E-state index in [1.807, 2.05) is 30.5 Å². The van der Waals surface area contributed by atoms with E-state index in [0.29, 0.717) is 5.95 Å². The minimum Gasteiger partial charge on any atom is -0.378 e. The van der Waals surface area contributed by atoms with Crippen molar-refractivity contribution >= 4 is 23.1 Å². The molecule has 3 aromatic rings. The Kier molecular flexibility index (Phi) is 5.94. The third-order valence-electron chi connectivity index (χ3n) is 4.57. The smallest absolute Gasteiger partial charge is 0.229 e. The highest BCUT2D eigenvalue weighted by molar-refractivity contribution is 5.60. The van der Waals surface area contributed by atoms with Crippen LogP contribution in [-0.2, 0) is 11.2 Å². The molecule has 2 aromatic heterocycles. The summed E-state index contributed by atoms with van der Waals surface area (Å²) in [5.41, 5.74) is 3.23. The molecule has 0 bridgehead atoms. The van der Waals surface area contributed by atoms with Gasteiger partial charge in [-0.25, -0.2) is 4.98 Å². The highest BCUT2D eigenvalue weighted by Gasteiger charge is 2.10. The molecule has 2 N–H and O–H groups in total. The van der Waals surface area contributed by atoms with E-state index in [4.69, 9.17) is 4.74 Å². The third-order valence-corrected chi connectivity index (χ3v) is 4.57. The molecule has 0 atom stereocenters. The summed E-state index contributed by atoms with van der Waals surface area (Å²) in [7, 11) is 0. The molecule has 1 aromatic carbocycles. The van der Waals surface area contributed by atoms with Gasteiger partial charge in [0.25, 0.3) is 0 Å². The van der Waals surface area contributed by atoms with Gasteiger partial charge in [0.15, 0.2) is 0 Å². The first kappa shape index (κ1) is 18.2. The Hall–Kier alpha value is -3.19. The average Bonchev–Trinajstić information content (AvgIpc) is 2.76. The van der Waals surface area contributed by atoms with E-state index in [1.165, 1.54) is 5.69 Å². The average molecular weight is 376 g/mol. The Morgan fingerprint density at radius 3 is 2.57 bits per heavy atom. The van der Waals surface area contributed by atoms with Gasteiger partial charge in [0, 0.05) is 55.5 Å². The molecule has 1 fully saturated rings. The summed E-state index contributed by atoms with van der Waals surface area (Å²) in [6.45, 7) is 4.20. The van der Waals surface area contributed by atoms with E-state index in [1.54, 1.807) is 6.20 Å². The zero-order chi connectivity index (χ0) is 19.0. The number of morpholine rings is 1.